The van der Waals surface area contributed by atoms with Crippen LogP contribution in [0.25, 0.3) is 0 Å². The molecule has 0 spiro atoms. The van der Waals surface area contributed by atoms with Gasteiger partial charge in [0.1, 0.15) is 5.01 Å². The molecule has 15 heavy (non-hydrogen) atoms. The fraction of sp³-hybridized carbons (Fsp3) is 0.700. The van der Waals surface area contributed by atoms with Gasteiger partial charge in [-0.25, -0.2) is 4.79 Å². The number of carbonyl (C=O) groups is 1. The topological polar surface area (TPSA) is 52.1 Å². The fourth-order valence-electron chi connectivity index (χ4n) is 1.16. The maximum absolute atomic E-state index is 11.3. The van der Waals surface area contributed by atoms with Crippen molar-refractivity contribution in [2.24, 2.45) is 0 Å². The second-order valence-electron chi connectivity index (χ2n) is 3.18. The Bertz CT molecular complexity index is 312. The molecule has 0 aliphatic heterocycles. The van der Waals surface area contributed by atoms with Crippen LogP contribution < -0.4 is 0 Å². The molecule has 0 aliphatic rings. The van der Waals surface area contributed by atoms with E-state index in [0.717, 1.165) is 17.8 Å². The predicted molar refractivity (Wildman–Crippen MR) is 59.1 cm³/mol. The van der Waals surface area contributed by atoms with Gasteiger partial charge in [-0.1, -0.05) is 31.1 Å². The summed E-state index contributed by atoms with van der Waals surface area (Å²) in [4.78, 5) is 11.3. The van der Waals surface area contributed by atoms with Gasteiger partial charge in [0.2, 0.25) is 5.01 Å². The molecule has 5 heteroatoms. The average Bonchev–Trinajstić information content (AvgIpc) is 2.67. The summed E-state index contributed by atoms with van der Waals surface area (Å²) in [7, 11) is 0. The van der Waals surface area contributed by atoms with E-state index < -0.39 is 0 Å². The molecule has 1 heterocycles. The zero-order valence-electron chi connectivity index (χ0n) is 9.15. The van der Waals surface area contributed by atoms with Gasteiger partial charge in [-0.3, -0.25) is 0 Å². The molecule has 1 rings (SSSR count). The molecule has 0 aromatic carbocycles. The van der Waals surface area contributed by atoms with Crippen molar-refractivity contribution in [2.45, 2.75) is 39.5 Å². The molecule has 0 saturated heterocycles. The van der Waals surface area contributed by atoms with Gasteiger partial charge in [-0.15, -0.1) is 10.2 Å². The van der Waals surface area contributed by atoms with Gasteiger partial charge >= 0.3 is 5.97 Å². The number of rotatable bonds is 6. The summed E-state index contributed by atoms with van der Waals surface area (Å²) in [6.45, 7) is 4.31. The van der Waals surface area contributed by atoms with Gasteiger partial charge in [0.25, 0.3) is 0 Å². The van der Waals surface area contributed by atoms with E-state index >= 15 is 0 Å². The van der Waals surface area contributed by atoms with Gasteiger partial charge in [-0.05, 0) is 13.3 Å². The average molecular weight is 228 g/mol. The largest absolute Gasteiger partial charge is 0.461 e. The first-order valence-corrected chi connectivity index (χ1v) is 6.09. The molecule has 0 aliphatic carbocycles. The van der Waals surface area contributed by atoms with E-state index in [1.807, 2.05) is 0 Å². The quantitative estimate of drug-likeness (QED) is 0.554. The number of aryl methyl sites for hydroxylation is 1. The highest BCUT2D eigenvalue weighted by atomic mass is 32.1. The number of hydrogen-bond acceptors (Lipinski definition) is 5. The van der Waals surface area contributed by atoms with Crippen molar-refractivity contribution in [2.75, 3.05) is 6.61 Å². The molecular weight excluding hydrogens is 212 g/mol. The standard InChI is InChI=1S/C10H16N2O2S/c1-3-5-6-7-8-11-12-9(15-8)10(13)14-4-2/h3-7H2,1-2H3. The molecule has 0 atom stereocenters. The Morgan fingerprint density at radius 2 is 2.13 bits per heavy atom. The molecular formula is C10H16N2O2S. The molecule has 0 unspecified atom stereocenters. The van der Waals surface area contributed by atoms with Crippen LogP contribution in [0.3, 0.4) is 0 Å². The summed E-state index contributed by atoms with van der Waals surface area (Å²) < 4.78 is 4.84. The fourth-order valence-corrected chi connectivity index (χ4v) is 1.93. The van der Waals surface area contributed by atoms with Crippen molar-refractivity contribution in [3.05, 3.63) is 10.0 Å². The lowest BCUT2D eigenvalue weighted by Crippen LogP contribution is -2.03. The number of nitrogens with zero attached hydrogens (tertiary/aromatic N) is 2. The van der Waals surface area contributed by atoms with Crippen LogP contribution >= 0.6 is 11.3 Å². The molecule has 0 N–H and O–H groups in total. The third-order valence-electron chi connectivity index (χ3n) is 1.91. The molecule has 84 valence electrons. The highest BCUT2D eigenvalue weighted by Crippen LogP contribution is 2.13. The SMILES string of the molecule is CCCCCc1nnc(C(=O)OCC)s1. The van der Waals surface area contributed by atoms with Crippen LogP contribution in [0, 0.1) is 0 Å². The highest BCUT2D eigenvalue weighted by Gasteiger charge is 2.12. The first-order valence-electron chi connectivity index (χ1n) is 5.27. The number of unbranched alkanes of at least 4 members (excludes halogenated alkanes) is 2. The van der Waals surface area contributed by atoms with E-state index in [2.05, 4.69) is 17.1 Å². The second-order valence-corrected chi connectivity index (χ2v) is 4.24. The van der Waals surface area contributed by atoms with E-state index in [-0.39, 0.29) is 5.97 Å². The Morgan fingerprint density at radius 3 is 2.80 bits per heavy atom. The number of aromatic nitrogens is 2. The molecule has 0 radical (unpaired) electrons. The van der Waals surface area contributed by atoms with Crippen molar-refractivity contribution >= 4 is 17.3 Å². The Balaban J connectivity index is 2.45. The van der Waals surface area contributed by atoms with Crippen molar-refractivity contribution in [1.82, 2.24) is 10.2 Å². The number of carbonyl (C=O) groups excluding carboxylic acids is 1. The van der Waals surface area contributed by atoms with Gasteiger partial charge in [0.05, 0.1) is 6.61 Å². The minimum absolute atomic E-state index is 0.364. The molecule has 0 amide bonds. The molecule has 0 saturated carbocycles. The van der Waals surface area contributed by atoms with Crippen LogP contribution in [0.5, 0.6) is 0 Å². The lowest BCUT2D eigenvalue weighted by molar-refractivity contribution is 0.0525. The summed E-state index contributed by atoms with van der Waals surface area (Å²) in [5.41, 5.74) is 0. The Hall–Kier alpha value is -0.970. The van der Waals surface area contributed by atoms with Crippen LogP contribution in [0.2, 0.25) is 0 Å². The minimum atomic E-state index is -0.364. The van der Waals surface area contributed by atoms with Crippen molar-refractivity contribution in [3.8, 4) is 0 Å². The number of esters is 1. The summed E-state index contributed by atoms with van der Waals surface area (Å²) in [5.74, 6) is -0.364. The zero-order valence-corrected chi connectivity index (χ0v) is 9.97. The molecule has 4 nitrogen and oxygen atoms in total. The Labute approximate surface area is 93.7 Å². The predicted octanol–water partition coefficient (Wildman–Crippen LogP) is 2.45. The second kappa shape index (κ2) is 6.50. The third-order valence-corrected chi connectivity index (χ3v) is 2.87. The third kappa shape index (κ3) is 3.95. The summed E-state index contributed by atoms with van der Waals surface area (Å²) in [5, 5.41) is 9.05. The molecule has 0 bridgehead atoms. The first-order chi connectivity index (χ1) is 7.27. The zero-order chi connectivity index (χ0) is 11.1. The van der Waals surface area contributed by atoms with Crippen molar-refractivity contribution < 1.29 is 9.53 Å². The smallest absolute Gasteiger partial charge is 0.369 e. The highest BCUT2D eigenvalue weighted by molar-refractivity contribution is 7.13. The minimum Gasteiger partial charge on any atom is -0.461 e. The maximum Gasteiger partial charge on any atom is 0.369 e. The van der Waals surface area contributed by atoms with Crippen LogP contribution in [0.15, 0.2) is 0 Å². The van der Waals surface area contributed by atoms with Crippen LogP contribution in [-0.4, -0.2) is 22.8 Å². The normalized spacial score (nSPS) is 10.3. The van der Waals surface area contributed by atoms with Gasteiger partial charge < -0.3 is 4.74 Å². The van der Waals surface area contributed by atoms with Crippen LogP contribution in [0.1, 0.15) is 47.9 Å². The van der Waals surface area contributed by atoms with Gasteiger partial charge in [0.15, 0.2) is 0 Å². The van der Waals surface area contributed by atoms with E-state index in [1.54, 1.807) is 6.92 Å². The van der Waals surface area contributed by atoms with E-state index in [4.69, 9.17) is 4.74 Å². The molecule has 1 aromatic rings. The Kier molecular flexibility index (Phi) is 5.25. The molecule has 0 fully saturated rings. The summed E-state index contributed by atoms with van der Waals surface area (Å²) in [6.07, 6.45) is 4.39. The van der Waals surface area contributed by atoms with Crippen LogP contribution in [0.4, 0.5) is 0 Å². The van der Waals surface area contributed by atoms with E-state index in [0.29, 0.717) is 11.6 Å². The maximum atomic E-state index is 11.3. The summed E-state index contributed by atoms with van der Waals surface area (Å²) >= 11 is 1.33. The lowest BCUT2D eigenvalue weighted by atomic mass is 10.2. The Morgan fingerprint density at radius 1 is 1.33 bits per heavy atom. The van der Waals surface area contributed by atoms with Crippen molar-refractivity contribution in [3.63, 3.8) is 0 Å². The van der Waals surface area contributed by atoms with E-state index in [9.17, 15) is 4.79 Å². The van der Waals surface area contributed by atoms with Gasteiger partial charge in [-0.2, -0.15) is 0 Å². The van der Waals surface area contributed by atoms with E-state index in [1.165, 1.54) is 24.2 Å². The van der Waals surface area contributed by atoms with Crippen LogP contribution in [-0.2, 0) is 11.2 Å². The molecule has 1 aromatic heterocycles. The van der Waals surface area contributed by atoms with Crippen molar-refractivity contribution in [1.29, 1.82) is 0 Å². The lowest BCUT2D eigenvalue weighted by Gasteiger charge is -1.94. The first kappa shape index (κ1) is 12.1. The summed E-state index contributed by atoms with van der Waals surface area (Å²) in [6, 6.07) is 0. The number of hydrogen-bond donors (Lipinski definition) is 0. The monoisotopic (exact) mass is 228 g/mol. The van der Waals surface area contributed by atoms with Gasteiger partial charge in [0, 0.05) is 6.42 Å². The number of ether oxygens (including phenoxy) is 1.